The molecule has 3 aromatic carbocycles. The van der Waals surface area contributed by atoms with Gasteiger partial charge in [-0.3, -0.25) is 19.3 Å². The number of nitrogens with zero attached hydrogens (tertiary/aromatic N) is 1. The molecule has 1 heterocycles. The van der Waals surface area contributed by atoms with E-state index in [2.05, 4.69) is 15.5 Å². The topological polar surface area (TPSA) is 105 Å². The lowest BCUT2D eigenvalue weighted by atomic mass is 9.97. The van der Waals surface area contributed by atoms with Crippen LogP contribution in [-0.2, 0) is 11.3 Å². The van der Waals surface area contributed by atoms with Crippen LogP contribution in [0.3, 0.4) is 0 Å². The Morgan fingerprint density at radius 1 is 0.972 bits per heavy atom. The molecule has 4 N–H and O–H groups in total. The van der Waals surface area contributed by atoms with Crippen molar-refractivity contribution in [2.45, 2.75) is 26.3 Å². The maximum atomic E-state index is 14.0. The maximum absolute atomic E-state index is 14.0. The average Bonchev–Trinajstić information content (AvgIpc) is 2.87. The Morgan fingerprint density at radius 3 is 2.47 bits per heavy atom. The Labute approximate surface area is 209 Å². The van der Waals surface area contributed by atoms with Crippen LogP contribution < -0.4 is 16.4 Å². The summed E-state index contributed by atoms with van der Waals surface area (Å²) in [5.74, 6) is -1.98. The number of anilines is 2. The first-order valence-corrected chi connectivity index (χ1v) is 11.9. The number of nitrogens with one attached hydrogen (secondary N) is 2. The van der Waals surface area contributed by atoms with Gasteiger partial charge in [-0.05, 0) is 67.8 Å². The number of nitrogens with two attached hydrogens (primary N) is 1. The van der Waals surface area contributed by atoms with Crippen molar-refractivity contribution in [3.63, 3.8) is 0 Å². The number of likely N-dealkylation sites (tertiary alicyclic amines) is 1. The number of amides is 3. The van der Waals surface area contributed by atoms with Gasteiger partial charge in [0.25, 0.3) is 11.8 Å². The molecular weight excluding hydrogens is 459 g/mol. The third kappa shape index (κ3) is 5.95. The Bertz CT molecular complexity index is 1290. The summed E-state index contributed by atoms with van der Waals surface area (Å²) in [6.45, 7) is 3.83. The van der Waals surface area contributed by atoms with Crippen LogP contribution in [0.5, 0.6) is 0 Å². The van der Waals surface area contributed by atoms with E-state index in [0.717, 1.165) is 30.5 Å². The standard InChI is InChI=1S/C28H29FN4O3/c1-18-12-13-19(15-25(18)32-28(36)22-9-3-4-10-23(22)29)27(35)31-24-11-5-2-7-20(24)16-33-14-6-8-21(17-33)26(30)34/h2-5,7,9-13,15,21H,6,8,14,16-17H2,1H3,(H2,30,34)(H,31,35)(H,32,36)/t21-/m1/s1. The van der Waals surface area contributed by atoms with Crippen molar-refractivity contribution in [1.82, 2.24) is 4.90 Å². The molecule has 3 amide bonds. The maximum Gasteiger partial charge on any atom is 0.258 e. The lowest BCUT2D eigenvalue weighted by molar-refractivity contribution is -0.123. The number of halogens is 1. The summed E-state index contributed by atoms with van der Waals surface area (Å²) in [6, 6.07) is 18.2. The number of benzene rings is 3. The smallest absolute Gasteiger partial charge is 0.258 e. The predicted molar refractivity (Wildman–Crippen MR) is 137 cm³/mol. The molecule has 0 spiro atoms. The van der Waals surface area contributed by atoms with Crippen LogP contribution in [0, 0.1) is 18.7 Å². The minimum absolute atomic E-state index is 0.0723. The molecule has 1 fully saturated rings. The average molecular weight is 489 g/mol. The van der Waals surface area contributed by atoms with Gasteiger partial charge < -0.3 is 16.4 Å². The quantitative estimate of drug-likeness (QED) is 0.460. The molecule has 0 bridgehead atoms. The molecule has 1 aliphatic heterocycles. The van der Waals surface area contributed by atoms with E-state index in [9.17, 15) is 18.8 Å². The monoisotopic (exact) mass is 488 g/mol. The number of hydrogen-bond acceptors (Lipinski definition) is 4. The lowest BCUT2D eigenvalue weighted by Crippen LogP contribution is -2.40. The van der Waals surface area contributed by atoms with Crippen LogP contribution in [0.15, 0.2) is 66.7 Å². The van der Waals surface area contributed by atoms with Crippen LogP contribution in [0.25, 0.3) is 0 Å². The highest BCUT2D eigenvalue weighted by atomic mass is 19.1. The molecule has 0 aliphatic carbocycles. The van der Waals surface area contributed by atoms with Gasteiger partial charge in [-0.2, -0.15) is 0 Å². The van der Waals surface area contributed by atoms with Gasteiger partial charge >= 0.3 is 0 Å². The molecule has 4 rings (SSSR count). The van der Waals surface area contributed by atoms with Gasteiger partial charge in [0.1, 0.15) is 5.82 Å². The van der Waals surface area contributed by atoms with Gasteiger partial charge in [0.15, 0.2) is 0 Å². The second-order valence-corrected chi connectivity index (χ2v) is 9.05. The third-order valence-corrected chi connectivity index (χ3v) is 6.43. The van der Waals surface area contributed by atoms with E-state index in [1.54, 1.807) is 31.2 Å². The van der Waals surface area contributed by atoms with E-state index in [1.807, 2.05) is 24.3 Å². The molecule has 1 saturated heterocycles. The molecular formula is C28H29FN4O3. The molecule has 36 heavy (non-hydrogen) atoms. The highest BCUT2D eigenvalue weighted by Crippen LogP contribution is 2.24. The Kier molecular flexibility index (Phi) is 7.75. The third-order valence-electron chi connectivity index (χ3n) is 6.43. The molecule has 1 aliphatic rings. The Morgan fingerprint density at radius 2 is 1.69 bits per heavy atom. The van der Waals surface area contributed by atoms with Crippen molar-refractivity contribution in [2.24, 2.45) is 11.7 Å². The molecule has 0 unspecified atom stereocenters. The van der Waals surface area contributed by atoms with Gasteiger partial charge in [0.05, 0.1) is 11.5 Å². The van der Waals surface area contributed by atoms with Crippen molar-refractivity contribution in [1.29, 1.82) is 0 Å². The number of carbonyl (C=O) groups is 3. The van der Waals surface area contributed by atoms with Gasteiger partial charge in [0, 0.05) is 30.0 Å². The minimum Gasteiger partial charge on any atom is -0.369 e. The fourth-order valence-corrected chi connectivity index (χ4v) is 4.38. The number of para-hydroxylation sites is 1. The lowest BCUT2D eigenvalue weighted by Gasteiger charge is -2.31. The zero-order valence-corrected chi connectivity index (χ0v) is 20.1. The largest absolute Gasteiger partial charge is 0.369 e. The summed E-state index contributed by atoms with van der Waals surface area (Å²) in [7, 11) is 0. The van der Waals surface area contributed by atoms with Crippen LogP contribution >= 0.6 is 0 Å². The van der Waals surface area contributed by atoms with E-state index < -0.39 is 11.7 Å². The van der Waals surface area contributed by atoms with Gasteiger partial charge in [-0.15, -0.1) is 0 Å². The predicted octanol–water partition coefficient (Wildman–Crippen LogP) is 4.34. The SMILES string of the molecule is Cc1ccc(C(=O)Nc2ccccc2CN2CCC[C@@H](C(N)=O)C2)cc1NC(=O)c1ccccc1F. The molecule has 0 saturated carbocycles. The number of carbonyl (C=O) groups excluding carboxylic acids is 3. The van der Waals surface area contributed by atoms with Crippen molar-refractivity contribution in [3.05, 3.63) is 94.8 Å². The first-order valence-electron chi connectivity index (χ1n) is 11.9. The summed E-state index contributed by atoms with van der Waals surface area (Å²) >= 11 is 0. The summed E-state index contributed by atoms with van der Waals surface area (Å²) in [5, 5.41) is 5.66. The van der Waals surface area contributed by atoms with E-state index in [1.165, 1.54) is 18.2 Å². The highest BCUT2D eigenvalue weighted by molar-refractivity contribution is 6.08. The second-order valence-electron chi connectivity index (χ2n) is 9.05. The van der Waals surface area contributed by atoms with Gasteiger partial charge in [-0.1, -0.05) is 36.4 Å². The second kappa shape index (κ2) is 11.1. The molecule has 1 atom stereocenters. The van der Waals surface area contributed by atoms with Gasteiger partial charge in [-0.25, -0.2) is 4.39 Å². The van der Waals surface area contributed by atoms with E-state index >= 15 is 0 Å². The summed E-state index contributed by atoms with van der Waals surface area (Å²) in [4.78, 5) is 39.5. The van der Waals surface area contributed by atoms with Crippen molar-refractivity contribution in [2.75, 3.05) is 23.7 Å². The van der Waals surface area contributed by atoms with Gasteiger partial charge in [0.2, 0.25) is 5.91 Å². The molecule has 186 valence electrons. The number of rotatable bonds is 7. The zero-order valence-electron chi connectivity index (χ0n) is 20.1. The number of piperidine rings is 1. The van der Waals surface area contributed by atoms with Crippen LogP contribution in [0.2, 0.25) is 0 Å². The Balaban J connectivity index is 1.48. The highest BCUT2D eigenvalue weighted by Gasteiger charge is 2.24. The fraction of sp³-hybridized carbons (Fsp3) is 0.250. The summed E-state index contributed by atoms with van der Waals surface area (Å²) < 4.78 is 14.0. The summed E-state index contributed by atoms with van der Waals surface area (Å²) in [6.07, 6.45) is 1.69. The van der Waals surface area contributed by atoms with Crippen molar-refractivity contribution >= 4 is 29.1 Å². The Hall–Kier alpha value is -4.04. The van der Waals surface area contributed by atoms with Crippen molar-refractivity contribution in [3.8, 4) is 0 Å². The first kappa shape index (κ1) is 25.1. The number of primary amides is 1. The molecule has 3 aromatic rings. The molecule has 0 radical (unpaired) electrons. The zero-order chi connectivity index (χ0) is 25.7. The molecule has 0 aromatic heterocycles. The van der Waals surface area contributed by atoms with E-state index in [4.69, 9.17) is 5.73 Å². The van der Waals surface area contributed by atoms with E-state index in [-0.39, 0.29) is 23.3 Å². The molecule has 8 heteroatoms. The number of hydrogen-bond donors (Lipinski definition) is 3. The summed E-state index contributed by atoms with van der Waals surface area (Å²) in [5.41, 5.74) is 8.55. The molecule has 7 nitrogen and oxygen atoms in total. The fourth-order valence-electron chi connectivity index (χ4n) is 4.38. The van der Waals surface area contributed by atoms with Crippen LogP contribution in [0.4, 0.5) is 15.8 Å². The first-order chi connectivity index (χ1) is 17.3. The van der Waals surface area contributed by atoms with Crippen LogP contribution in [0.1, 0.15) is 44.7 Å². The number of aryl methyl sites for hydroxylation is 1. The van der Waals surface area contributed by atoms with E-state index in [0.29, 0.717) is 30.0 Å². The minimum atomic E-state index is -0.617. The van der Waals surface area contributed by atoms with Crippen LogP contribution in [-0.4, -0.2) is 35.7 Å². The normalized spacial score (nSPS) is 15.8. The van der Waals surface area contributed by atoms with Crippen molar-refractivity contribution < 1.29 is 18.8 Å².